The van der Waals surface area contributed by atoms with E-state index in [9.17, 15) is 9.59 Å². The molecule has 0 aliphatic rings. The minimum Gasteiger partial charge on any atom is -0.294 e. The average Bonchev–Trinajstić information content (AvgIpc) is 2.64. The van der Waals surface area contributed by atoms with E-state index in [1.54, 1.807) is 13.1 Å². The Hall–Kier alpha value is -3.41. The topological polar surface area (TPSA) is 79.2 Å². The van der Waals surface area contributed by atoms with Crippen LogP contribution >= 0.6 is 0 Å². The van der Waals surface area contributed by atoms with Gasteiger partial charge in [0.15, 0.2) is 0 Å². The van der Waals surface area contributed by atoms with Crippen LogP contribution in [0.25, 0.3) is 0 Å². The lowest BCUT2D eigenvalue weighted by atomic mass is 10.1. The Balaban J connectivity index is 1.96. The molecule has 6 heteroatoms. The van der Waals surface area contributed by atoms with Gasteiger partial charge in [0.2, 0.25) is 0 Å². The van der Waals surface area contributed by atoms with Crippen molar-refractivity contribution in [2.24, 2.45) is 5.10 Å². The van der Waals surface area contributed by atoms with Crippen LogP contribution in [0.2, 0.25) is 0 Å². The lowest BCUT2D eigenvalue weighted by molar-refractivity contribution is 0.748. The van der Waals surface area contributed by atoms with Crippen molar-refractivity contribution in [1.29, 1.82) is 0 Å². The van der Waals surface area contributed by atoms with Gasteiger partial charge in [-0.2, -0.15) is 5.10 Å². The first-order chi connectivity index (χ1) is 12.1. The first-order valence-electron chi connectivity index (χ1n) is 7.87. The maximum atomic E-state index is 12.1. The van der Waals surface area contributed by atoms with Crippen LogP contribution in [-0.4, -0.2) is 15.3 Å². The largest absolute Gasteiger partial charge is 0.328 e. The molecular formula is C19H18N4O2. The summed E-state index contributed by atoms with van der Waals surface area (Å²) in [6.45, 7) is 1.90. The van der Waals surface area contributed by atoms with E-state index in [2.05, 4.69) is 15.5 Å². The summed E-state index contributed by atoms with van der Waals surface area (Å²) in [6.07, 6.45) is 1.54. The molecule has 0 aliphatic heterocycles. The highest BCUT2D eigenvalue weighted by Crippen LogP contribution is 2.08. The van der Waals surface area contributed by atoms with E-state index in [1.165, 1.54) is 4.57 Å². The third kappa shape index (κ3) is 4.11. The number of H-pyrrole nitrogens is 1. The number of anilines is 1. The lowest BCUT2D eigenvalue weighted by Crippen LogP contribution is -2.33. The van der Waals surface area contributed by atoms with E-state index < -0.39 is 5.69 Å². The summed E-state index contributed by atoms with van der Waals surface area (Å²) in [5.41, 5.74) is 5.07. The molecule has 0 fully saturated rings. The summed E-state index contributed by atoms with van der Waals surface area (Å²) >= 11 is 0. The summed E-state index contributed by atoms with van der Waals surface area (Å²) in [6, 6.07) is 19.2. The van der Waals surface area contributed by atoms with Crippen LogP contribution < -0.4 is 16.7 Å². The molecule has 6 nitrogen and oxygen atoms in total. The summed E-state index contributed by atoms with van der Waals surface area (Å²) < 4.78 is 1.44. The second-order valence-electron chi connectivity index (χ2n) is 5.60. The molecule has 25 heavy (non-hydrogen) atoms. The number of aromatic nitrogens is 2. The second-order valence-corrected chi connectivity index (χ2v) is 5.60. The number of aryl methyl sites for hydroxylation is 1. The van der Waals surface area contributed by atoms with E-state index in [-0.39, 0.29) is 12.1 Å². The van der Waals surface area contributed by atoms with Crippen molar-refractivity contribution >= 4 is 11.4 Å². The Morgan fingerprint density at radius 1 is 1.04 bits per heavy atom. The van der Waals surface area contributed by atoms with Crippen molar-refractivity contribution in [1.82, 2.24) is 9.55 Å². The molecule has 0 spiro atoms. The SMILES string of the molecule is Cc1cn(C/C(=N/Nc2ccccc2)c2ccccc2)c(=O)[nH]c1=O. The van der Waals surface area contributed by atoms with Crippen LogP contribution in [0.4, 0.5) is 5.69 Å². The van der Waals surface area contributed by atoms with Crippen LogP contribution in [0.15, 0.2) is 81.6 Å². The van der Waals surface area contributed by atoms with Gasteiger partial charge in [0.05, 0.1) is 17.9 Å². The van der Waals surface area contributed by atoms with E-state index in [1.807, 2.05) is 60.7 Å². The van der Waals surface area contributed by atoms with Crippen molar-refractivity contribution in [3.8, 4) is 0 Å². The minimum atomic E-state index is -0.459. The highest BCUT2D eigenvalue weighted by atomic mass is 16.2. The predicted octanol–water partition coefficient (Wildman–Crippen LogP) is 2.36. The standard InChI is InChI=1S/C19H18N4O2/c1-14-12-23(19(25)20-18(14)24)13-17(15-8-4-2-5-9-15)22-21-16-10-6-3-7-11-16/h2-12,21H,13H2,1H3,(H,20,24,25)/b22-17-. The number of hydrazone groups is 1. The van der Waals surface area contributed by atoms with Gasteiger partial charge in [0.1, 0.15) is 0 Å². The molecular weight excluding hydrogens is 316 g/mol. The molecule has 0 radical (unpaired) electrons. The number of aromatic amines is 1. The van der Waals surface area contributed by atoms with Gasteiger partial charge in [-0.25, -0.2) is 4.79 Å². The molecule has 0 atom stereocenters. The molecule has 3 rings (SSSR count). The van der Waals surface area contributed by atoms with Crippen LogP contribution in [-0.2, 0) is 6.54 Å². The fourth-order valence-electron chi connectivity index (χ4n) is 2.36. The maximum absolute atomic E-state index is 12.1. The molecule has 0 aliphatic carbocycles. The Morgan fingerprint density at radius 3 is 2.36 bits per heavy atom. The quantitative estimate of drug-likeness (QED) is 0.555. The first-order valence-corrected chi connectivity index (χ1v) is 7.87. The van der Waals surface area contributed by atoms with Crippen molar-refractivity contribution in [3.05, 3.63) is 98.8 Å². The summed E-state index contributed by atoms with van der Waals surface area (Å²) in [5, 5.41) is 4.47. The number of hydrogen-bond donors (Lipinski definition) is 2. The predicted molar refractivity (Wildman–Crippen MR) is 99.1 cm³/mol. The number of benzene rings is 2. The third-order valence-corrected chi connectivity index (χ3v) is 3.71. The zero-order valence-corrected chi connectivity index (χ0v) is 13.8. The van der Waals surface area contributed by atoms with E-state index in [4.69, 9.17) is 0 Å². The van der Waals surface area contributed by atoms with E-state index >= 15 is 0 Å². The Bertz CT molecular complexity index is 989. The van der Waals surface area contributed by atoms with Crippen LogP contribution in [0.3, 0.4) is 0 Å². The molecule has 0 bridgehead atoms. The number of para-hydroxylation sites is 1. The van der Waals surface area contributed by atoms with E-state index in [0.717, 1.165) is 11.3 Å². The third-order valence-electron chi connectivity index (χ3n) is 3.71. The fraction of sp³-hybridized carbons (Fsp3) is 0.105. The number of nitrogens with one attached hydrogen (secondary N) is 2. The molecule has 2 aromatic carbocycles. The average molecular weight is 334 g/mol. The Kier molecular flexibility index (Phi) is 4.89. The molecule has 1 aromatic heterocycles. The highest BCUT2D eigenvalue weighted by molar-refractivity contribution is 6.00. The van der Waals surface area contributed by atoms with Gasteiger partial charge >= 0.3 is 5.69 Å². The van der Waals surface area contributed by atoms with Gasteiger partial charge in [-0.15, -0.1) is 0 Å². The van der Waals surface area contributed by atoms with Gasteiger partial charge in [-0.1, -0.05) is 48.5 Å². The molecule has 126 valence electrons. The number of nitrogens with zero attached hydrogens (tertiary/aromatic N) is 2. The summed E-state index contributed by atoms with van der Waals surface area (Å²) in [7, 11) is 0. The van der Waals surface area contributed by atoms with Crippen molar-refractivity contribution in [2.75, 3.05) is 5.43 Å². The lowest BCUT2D eigenvalue weighted by Gasteiger charge is -2.10. The summed E-state index contributed by atoms with van der Waals surface area (Å²) in [5.74, 6) is 0. The molecule has 0 unspecified atom stereocenters. The van der Waals surface area contributed by atoms with Crippen LogP contribution in [0.1, 0.15) is 11.1 Å². The number of hydrogen-bond acceptors (Lipinski definition) is 4. The smallest absolute Gasteiger partial charge is 0.294 e. The zero-order valence-electron chi connectivity index (χ0n) is 13.8. The van der Waals surface area contributed by atoms with E-state index in [0.29, 0.717) is 11.3 Å². The molecule has 0 amide bonds. The normalized spacial score (nSPS) is 11.3. The van der Waals surface area contributed by atoms with Crippen molar-refractivity contribution < 1.29 is 0 Å². The second kappa shape index (κ2) is 7.44. The molecule has 3 aromatic rings. The van der Waals surface area contributed by atoms with Gasteiger partial charge in [-0.3, -0.25) is 19.8 Å². The van der Waals surface area contributed by atoms with Gasteiger partial charge in [-0.05, 0) is 24.6 Å². The minimum absolute atomic E-state index is 0.236. The summed E-state index contributed by atoms with van der Waals surface area (Å²) in [4.78, 5) is 25.9. The van der Waals surface area contributed by atoms with Crippen LogP contribution in [0, 0.1) is 6.92 Å². The van der Waals surface area contributed by atoms with Gasteiger partial charge in [0.25, 0.3) is 5.56 Å². The molecule has 2 N–H and O–H groups in total. The van der Waals surface area contributed by atoms with Crippen molar-refractivity contribution in [3.63, 3.8) is 0 Å². The first kappa shape index (κ1) is 16.4. The van der Waals surface area contributed by atoms with Crippen LogP contribution in [0.5, 0.6) is 0 Å². The molecule has 0 saturated carbocycles. The Labute approximate surface area is 144 Å². The van der Waals surface area contributed by atoms with Crippen molar-refractivity contribution in [2.45, 2.75) is 13.5 Å². The molecule has 1 heterocycles. The van der Waals surface area contributed by atoms with Gasteiger partial charge < -0.3 is 0 Å². The highest BCUT2D eigenvalue weighted by Gasteiger charge is 2.08. The Morgan fingerprint density at radius 2 is 1.68 bits per heavy atom. The van der Waals surface area contributed by atoms with Gasteiger partial charge in [0, 0.05) is 11.8 Å². The zero-order chi connectivity index (χ0) is 17.6. The molecule has 0 saturated heterocycles. The fourth-order valence-corrected chi connectivity index (χ4v) is 2.36. The maximum Gasteiger partial charge on any atom is 0.328 e. The monoisotopic (exact) mass is 334 g/mol. The number of rotatable bonds is 5.